The zero-order valence-electron chi connectivity index (χ0n) is 14.1. The highest BCUT2D eigenvalue weighted by molar-refractivity contribution is 5.50. The van der Waals surface area contributed by atoms with Crippen molar-refractivity contribution in [2.75, 3.05) is 31.1 Å². The first-order valence-corrected chi connectivity index (χ1v) is 8.63. The molecule has 0 spiro atoms. The minimum absolute atomic E-state index is 0.327. The summed E-state index contributed by atoms with van der Waals surface area (Å²) in [5.74, 6) is 0.327. The molecule has 0 amide bonds. The van der Waals surface area contributed by atoms with Crippen LogP contribution >= 0.6 is 0 Å². The van der Waals surface area contributed by atoms with Gasteiger partial charge >= 0.3 is 0 Å². The van der Waals surface area contributed by atoms with Crippen LogP contribution in [0.25, 0.3) is 5.69 Å². The van der Waals surface area contributed by atoms with E-state index in [9.17, 15) is 5.11 Å². The molecule has 5 nitrogen and oxygen atoms in total. The number of nitrogens with zero attached hydrogens (tertiary/aromatic N) is 4. The fraction of sp³-hybridized carbons (Fsp3) is 0.250. The Labute approximate surface area is 147 Å². The highest BCUT2D eigenvalue weighted by atomic mass is 16.3. The molecule has 4 rings (SSSR count). The van der Waals surface area contributed by atoms with Crippen LogP contribution in [0.5, 0.6) is 5.75 Å². The van der Waals surface area contributed by atoms with E-state index in [-0.39, 0.29) is 0 Å². The number of aromatic nitrogens is 2. The molecule has 25 heavy (non-hydrogen) atoms. The third-order valence-electron chi connectivity index (χ3n) is 4.63. The minimum Gasteiger partial charge on any atom is -0.508 e. The number of phenolic OH excluding ortho intramolecular Hbond substituents is 1. The lowest BCUT2D eigenvalue weighted by molar-refractivity contribution is 0.250. The summed E-state index contributed by atoms with van der Waals surface area (Å²) in [4.78, 5) is 4.77. The number of para-hydroxylation sites is 1. The van der Waals surface area contributed by atoms with E-state index < -0.39 is 0 Å². The molecule has 0 atom stereocenters. The molecule has 3 aromatic rings. The SMILES string of the molecule is Oc1cccc(N2CCN(Cc3cnn(-c4ccccc4)c3)CC2)c1. The third-order valence-corrected chi connectivity index (χ3v) is 4.63. The second-order valence-corrected chi connectivity index (χ2v) is 6.41. The van der Waals surface area contributed by atoms with E-state index in [1.54, 1.807) is 6.07 Å². The number of piperazine rings is 1. The molecule has 1 aromatic heterocycles. The standard InChI is InChI=1S/C20H22N4O/c25-20-8-4-7-19(13-20)23-11-9-22(10-12-23)15-17-14-21-24(16-17)18-5-2-1-3-6-18/h1-8,13-14,16,25H,9-12,15H2. The first-order valence-electron chi connectivity index (χ1n) is 8.63. The Morgan fingerprint density at radius 3 is 2.40 bits per heavy atom. The monoisotopic (exact) mass is 334 g/mol. The molecule has 128 valence electrons. The smallest absolute Gasteiger partial charge is 0.117 e. The lowest BCUT2D eigenvalue weighted by Crippen LogP contribution is -2.45. The van der Waals surface area contributed by atoms with Crippen molar-refractivity contribution >= 4 is 5.69 Å². The Bertz CT molecular complexity index is 822. The van der Waals surface area contributed by atoms with Crippen molar-refractivity contribution in [1.82, 2.24) is 14.7 Å². The number of anilines is 1. The maximum absolute atomic E-state index is 9.64. The molecule has 0 saturated carbocycles. The number of hydrogen-bond acceptors (Lipinski definition) is 4. The Morgan fingerprint density at radius 1 is 0.880 bits per heavy atom. The lowest BCUT2D eigenvalue weighted by Gasteiger charge is -2.36. The fourth-order valence-corrected chi connectivity index (χ4v) is 3.28. The molecular weight excluding hydrogens is 312 g/mol. The van der Waals surface area contributed by atoms with Gasteiger partial charge in [-0.15, -0.1) is 0 Å². The average molecular weight is 334 g/mol. The van der Waals surface area contributed by atoms with Crippen LogP contribution in [0.2, 0.25) is 0 Å². The molecule has 0 aliphatic carbocycles. The largest absolute Gasteiger partial charge is 0.508 e. The van der Waals surface area contributed by atoms with Gasteiger partial charge in [0.05, 0.1) is 11.9 Å². The van der Waals surface area contributed by atoms with Gasteiger partial charge in [-0.1, -0.05) is 24.3 Å². The van der Waals surface area contributed by atoms with Crippen LogP contribution < -0.4 is 4.90 Å². The van der Waals surface area contributed by atoms with Gasteiger partial charge < -0.3 is 10.0 Å². The van der Waals surface area contributed by atoms with Crippen molar-refractivity contribution in [3.05, 3.63) is 72.6 Å². The lowest BCUT2D eigenvalue weighted by atomic mass is 10.2. The molecule has 0 radical (unpaired) electrons. The van der Waals surface area contributed by atoms with E-state index >= 15 is 0 Å². The van der Waals surface area contributed by atoms with Gasteiger partial charge in [0.15, 0.2) is 0 Å². The highest BCUT2D eigenvalue weighted by Crippen LogP contribution is 2.21. The molecule has 1 aliphatic heterocycles. The molecule has 2 aromatic carbocycles. The van der Waals surface area contributed by atoms with Crippen LogP contribution in [0.1, 0.15) is 5.56 Å². The Morgan fingerprint density at radius 2 is 1.64 bits per heavy atom. The van der Waals surface area contributed by atoms with E-state index in [4.69, 9.17) is 0 Å². The molecule has 0 bridgehead atoms. The molecular formula is C20H22N4O. The normalized spacial score (nSPS) is 15.4. The zero-order valence-corrected chi connectivity index (χ0v) is 14.1. The number of benzene rings is 2. The summed E-state index contributed by atoms with van der Waals surface area (Å²) in [6.45, 7) is 4.87. The predicted octanol–water partition coefficient (Wildman–Crippen LogP) is 2.90. The van der Waals surface area contributed by atoms with Crippen LogP contribution in [0, 0.1) is 0 Å². The van der Waals surface area contributed by atoms with Crippen LogP contribution in [-0.4, -0.2) is 46.0 Å². The van der Waals surface area contributed by atoms with Gasteiger partial charge in [-0.25, -0.2) is 4.68 Å². The molecule has 1 saturated heterocycles. The fourth-order valence-electron chi connectivity index (χ4n) is 3.28. The quantitative estimate of drug-likeness (QED) is 0.797. The van der Waals surface area contributed by atoms with Gasteiger partial charge in [0.1, 0.15) is 5.75 Å². The third kappa shape index (κ3) is 3.67. The zero-order chi connectivity index (χ0) is 17.1. The van der Waals surface area contributed by atoms with Crippen molar-refractivity contribution in [3.63, 3.8) is 0 Å². The van der Waals surface area contributed by atoms with Crippen LogP contribution in [0.4, 0.5) is 5.69 Å². The molecule has 1 aliphatic rings. The van der Waals surface area contributed by atoms with Gasteiger partial charge in [-0.05, 0) is 24.3 Å². The summed E-state index contributed by atoms with van der Waals surface area (Å²) in [5, 5.41) is 14.1. The van der Waals surface area contributed by atoms with Crippen molar-refractivity contribution < 1.29 is 5.11 Å². The van der Waals surface area contributed by atoms with Gasteiger partial charge in [-0.3, -0.25) is 4.90 Å². The molecule has 1 fully saturated rings. The summed E-state index contributed by atoms with van der Waals surface area (Å²) in [6, 6.07) is 17.7. The Hall–Kier alpha value is -2.79. The second kappa shape index (κ2) is 6.99. The van der Waals surface area contributed by atoms with Crippen molar-refractivity contribution in [1.29, 1.82) is 0 Å². The predicted molar refractivity (Wildman–Crippen MR) is 99.2 cm³/mol. The number of rotatable bonds is 4. The van der Waals surface area contributed by atoms with Crippen molar-refractivity contribution in [3.8, 4) is 11.4 Å². The molecule has 0 unspecified atom stereocenters. The van der Waals surface area contributed by atoms with Gasteiger partial charge in [-0.2, -0.15) is 5.10 Å². The Kier molecular flexibility index (Phi) is 4.39. The van der Waals surface area contributed by atoms with E-state index in [0.717, 1.165) is 44.1 Å². The summed E-state index contributed by atoms with van der Waals surface area (Å²) < 4.78 is 1.93. The molecule has 2 heterocycles. The number of hydrogen-bond donors (Lipinski definition) is 1. The van der Waals surface area contributed by atoms with Crippen molar-refractivity contribution in [2.24, 2.45) is 0 Å². The van der Waals surface area contributed by atoms with E-state index in [1.807, 2.05) is 41.2 Å². The van der Waals surface area contributed by atoms with Crippen LogP contribution in [0.15, 0.2) is 67.0 Å². The van der Waals surface area contributed by atoms with Gasteiger partial charge in [0.2, 0.25) is 0 Å². The maximum atomic E-state index is 9.64. The van der Waals surface area contributed by atoms with E-state index in [1.165, 1.54) is 5.56 Å². The van der Waals surface area contributed by atoms with Crippen LogP contribution in [-0.2, 0) is 6.54 Å². The topological polar surface area (TPSA) is 44.5 Å². The van der Waals surface area contributed by atoms with E-state index in [0.29, 0.717) is 5.75 Å². The van der Waals surface area contributed by atoms with E-state index in [2.05, 4.69) is 39.3 Å². The van der Waals surface area contributed by atoms with Crippen LogP contribution in [0.3, 0.4) is 0 Å². The van der Waals surface area contributed by atoms with Crippen molar-refractivity contribution in [2.45, 2.75) is 6.54 Å². The molecule has 5 heteroatoms. The number of aromatic hydroxyl groups is 1. The summed E-state index contributed by atoms with van der Waals surface area (Å²) in [7, 11) is 0. The summed E-state index contributed by atoms with van der Waals surface area (Å²) in [6.07, 6.45) is 4.06. The van der Waals surface area contributed by atoms with Gasteiger partial charge in [0.25, 0.3) is 0 Å². The summed E-state index contributed by atoms with van der Waals surface area (Å²) >= 11 is 0. The highest BCUT2D eigenvalue weighted by Gasteiger charge is 2.18. The Balaban J connectivity index is 1.35. The minimum atomic E-state index is 0.327. The first kappa shape index (κ1) is 15.7. The second-order valence-electron chi connectivity index (χ2n) is 6.41. The first-order chi connectivity index (χ1) is 12.3. The maximum Gasteiger partial charge on any atom is 0.117 e. The average Bonchev–Trinajstić information content (AvgIpc) is 3.12. The summed E-state index contributed by atoms with van der Waals surface area (Å²) in [5.41, 5.74) is 3.41. The van der Waals surface area contributed by atoms with Gasteiger partial charge in [0, 0.05) is 56.2 Å². The number of phenols is 1. The molecule has 1 N–H and O–H groups in total.